The van der Waals surface area contributed by atoms with Gasteiger partial charge in [-0.05, 0) is 51.0 Å². The molecule has 9 heteroatoms. The molecule has 29 heavy (non-hydrogen) atoms. The summed E-state index contributed by atoms with van der Waals surface area (Å²) in [6.07, 6.45) is 2.85. The number of ether oxygens (including phenoxy) is 1. The molecule has 1 amide bonds. The van der Waals surface area contributed by atoms with Crippen LogP contribution in [0.1, 0.15) is 48.7 Å². The molecule has 0 saturated carbocycles. The Kier molecular flexibility index (Phi) is 6.59. The number of hydrogen-bond donors (Lipinski definition) is 1. The standard InChI is InChI=1S/C20H28N4O4S/c1-4-23(5-2)20(25)18-14-21-22-19(18)15-10-12-24(13-11-15)29(26,27)17-8-6-16(28-3)7-9-17/h6-9,14-15H,4-5,10-13H2,1-3H3,(H,21,22). The zero-order valence-corrected chi connectivity index (χ0v) is 17.9. The second-order valence-corrected chi connectivity index (χ2v) is 8.97. The number of piperidine rings is 1. The van der Waals surface area contributed by atoms with Crippen molar-refractivity contribution in [3.63, 3.8) is 0 Å². The average molecular weight is 421 g/mol. The molecule has 8 nitrogen and oxygen atoms in total. The van der Waals surface area contributed by atoms with E-state index in [-0.39, 0.29) is 16.7 Å². The van der Waals surface area contributed by atoms with Gasteiger partial charge in [-0.2, -0.15) is 9.40 Å². The normalized spacial score (nSPS) is 16.0. The summed E-state index contributed by atoms with van der Waals surface area (Å²) in [5.41, 5.74) is 1.40. The predicted molar refractivity (Wildman–Crippen MR) is 110 cm³/mol. The Labute approximate surface area is 171 Å². The van der Waals surface area contributed by atoms with Crippen molar-refractivity contribution in [3.05, 3.63) is 41.7 Å². The molecule has 0 bridgehead atoms. The number of benzene rings is 1. The van der Waals surface area contributed by atoms with E-state index in [2.05, 4.69) is 10.2 Å². The van der Waals surface area contributed by atoms with Crippen molar-refractivity contribution in [1.29, 1.82) is 0 Å². The van der Waals surface area contributed by atoms with Crippen molar-refractivity contribution < 1.29 is 17.9 Å². The van der Waals surface area contributed by atoms with Crippen LogP contribution in [0.2, 0.25) is 0 Å². The number of nitrogens with one attached hydrogen (secondary N) is 1. The third-order valence-corrected chi connectivity index (χ3v) is 7.42. The minimum atomic E-state index is -3.55. The molecule has 0 unspecified atom stereocenters. The largest absolute Gasteiger partial charge is 0.497 e. The van der Waals surface area contributed by atoms with Crippen LogP contribution in [0, 0.1) is 0 Å². The number of hydrogen-bond acceptors (Lipinski definition) is 5. The summed E-state index contributed by atoms with van der Waals surface area (Å²) in [7, 11) is -2.01. The Morgan fingerprint density at radius 2 is 1.83 bits per heavy atom. The highest BCUT2D eigenvalue weighted by molar-refractivity contribution is 7.89. The topological polar surface area (TPSA) is 95.6 Å². The van der Waals surface area contributed by atoms with Gasteiger partial charge in [-0.1, -0.05) is 0 Å². The molecular formula is C20H28N4O4S. The Hall–Kier alpha value is -2.39. The van der Waals surface area contributed by atoms with E-state index in [1.807, 2.05) is 13.8 Å². The highest BCUT2D eigenvalue weighted by Crippen LogP contribution is 2.32. The SMILES string of the molecule is CCN(CC)C(=O)c1cn[nH]c1C1CCN(S(=O)(=O)c2ccc(OC)cc2)CC1. The van der Waals surface area contributed by atoms with Crippen LogP contribution < -0.4 is 4.74 Å². The Morgan fingerprint density at radius 1 is 1.21 bits per heavy atom. The molecule has 0 spiro atoms. The molecule has 0 atom stereocenters. The van der Waals surface area contributed by atoms with Crippen molar-refractivity contribution in [3.8, 4) is 5.75 Å². The second-order valence-electron chi connectivity index (χ2n) is 7.03. The minimum absolute atomic E-state index is 0.0352. The van der Waals surface area contributed by atoms with Gasteiger partial charge in [-0.3, -0.25) is 9.89 Å². The number of rotatable bonds is 7. The monoisotopic (exact) mass is 420 g/mol. The lowest BCUT2D eigenvalue weighted by Gasteiger charge is -2.31. The van der Waals surface area contributed by atoms with E-state index in [0.29, 0.717) is 50.3 Å². The highest BCUT2D eigenvalue weighted by atomic mass is 32.2. The van der Waals surface area contributed by atoms with Gasteiger partial charge in [0.1, 0.15) is 5.75 Å². The number of aromatic nitrogens is 2. The first kappa shape index (κ1) is 21.3. The summed E-state index contributed by atoms with van der Waals surface area (Å²) >= 11 is 0. The molecule has 0 aliphatic carbocycles. The molecule has 1 aromatic carbocycles. The predicted octanol–water partition coefficient (Wildman–Crippen LogP) is 2.47. The highest BCUT2D eigenvalue weighted by Gasteiger charge is 2.32. The first-order chi connectivity index (χ1) is 13.9. The third kappa shape index (κ3) is 4.30. The van der Waals surface area contributed by atoms with Gasteiger partial charge in [0.25, 0.3) is 5.91 Å². The van der Waals surface area contributed by atoms with Crippen LogP contribution in [-0.4, -0.2) is 67.0 Å². The Balaban J connectivity index is 1.71. The fourth-order valence-electron chi connectivity index (χ4n) is 3.74. The first-order valence-corrected chi connectivity index (χ1v) is 11.3. The number of amides is 1. The molecule has 3 rings (SSSR count). The molecular weight excluding hydrogens is 392 g/mol. The number of aromatic amines is 1. The van der Waals surface area contributed by atoms with Crippen molar-refractivity contribution in [1.82, 2.24) is 19.4 Å². The fraction of sp³-hybridized carbons (Fsp3) is 0.500. The van der Waals surface area contributed by atoms with Crippen molar-refractivity contribution in [2.45, 2.75) is 37.5 Å². The summed E-state index contributed by atoms with van der Waals surface area (Å²) in [6, 6.07) is 6.43. The quantitative estimate of drug-likeness (QED) is 0.742. The summed E-state index contributed by atoms with van der Waals surface area (Å²) in [5, 5.41) is 7.06. The molecule has 2 heterocycles. The summed E-state index contributed by atoms with van der Waals surface area (Å²) < 4.78 is 32.5. The number of nitrogens with zero attached hydrogens (tertiary/aromatic N) is 3. The van der Waals surface area contributed by atoms with Crippen LogP contribution >= 0.6 is 0 Å². The molecule has 1 fully saturated rings. The van der Waals surface area contributed by atoms with Gasteiger partial charge in [0, 0.05) is 32.1 Å². The average Bonchev–Trinajstić information content (AvgIpc) is 3.24. The van der Waals surface area contributed by atoms with Gasteiger partial charge in [0.2, 0.25) is 10.0 Å². The molecule has 1 N–H and O–H groups in total. The molecule has 1 aromatic heterocycles. The first-order valence-electron chi connectivity index (χ1n) is 9.89. The smallest absolute Gasteiger partial charge is 0.257 e. The zero-order chi connectivity index (χ0) is 21.0. The minimum Gasteiger partial charge on any atom is -0.497 e. The van der Waals surface area contributed by atoms with Crippen molar-refractivity contribution >= 4 is 15.9 Å². The van der Waals surface area contributed by atoms with Crippen molar-refractivity contribution in [2.75, 3.05) is 33.3 Å². The maximum atomic E-state index is 12.9. The molecule has 158 valence electrons. The number of H-pyrrole nitrogens is 1. The number of sulfonamides is 1. The molecule has 1 aliphatic rings. The fourth-order valence-corrected chi connectivity index (χ4v) is 5.21. The summed E-state index contributed by atoms with van der Waals surface area (Å²) in [6.45, 7) is 5.97. The number of methoxy groups -OCH3 is 1. The summed E-state index contributed by atoms with van der Waals surface area (Å²) in [5.74, 6) is 0.661. The lowest BCUT2D eigenvalue weighted by atomic mass is 9.92. The maximum absolute atomic E-state index is 12.9. The molecule has 0 radical (unpaired) electrons. The van der Waals surface area contributed by atoms with Gasteiger partial charge in [-0.15, -0.1) is 0 Å². The van der Waals surface area contributed by atoms with Crippen LogP contribution in [0.4, 0.5) is 0 Å². The Morgan fingerprint density at radius 3 is 2.38 bits per heavy atom. The lowest BCUT2D eigenvalue weighted by molar-refractivity contribution is 0.0771. The van der Waals surface area contributed by atoms with Gasteiger partial charge in [0.05, 0.1) is 29.5 Å². The van der Waals surface area contributed by atoms with Crippen LogP contribution in [0.5, 0.6) is 5.75 Å². The maximum Gasteiger partial charge on any atom is 0.257 e. The van der Waals surface area contributed by atoms with E-state index >= 15 is 0 Å². The summed E-state index contributed by atoms with van der Waals surface area (Å²) in [4.78, 5) is 14.8. The van der Waals surface area contributed by atoms with Crippen LogP contribution in [0.25, 0.3) is 0 Å². The van der Waals surface area contributed by atoms with Gasteiger partial charge < -0.3 is 9.64 Å². The van der Waals surface area contributed by atoms with E-state index < -0.39 is 10.0 Å². The van der Waals surface area contributed by atoms with E-state index in [1.54, 1.807) is 42.5 Å². The molecule has 2 aromatic rings. The molecule has 1 saturated heterocycles. The number of carbonyl (C=O) groups excluding carboxylic acids is 1. The van der Waals surface area contributed by atoms with E-state index in [1.165, 1.54) is 4.31 Å². The van der Waals surface area contributed by atoms with Crippen molar-refractivity contribution in [2.24, 2.45) is 0 Å². The number of carbonyl (C=O) groups is 1. The second kappa shape index (κ2) is 8.96. The van der Waals surface area contributed by atoms with E-state index in [0.717, 1.165) is 5.69 Å². The van der Waals surface area contributed by atoms with Gasteiger partial charge in [0.15, 0.2) is 0 Å². The Bertz CT molecular complexity index is 928. The van der Waals surface area contributed by atoms with E-state index in [9.17, 15) is 13.2 Å². The zero-order valence-electron chi connectivity index (χ0n) is 17.1. The third-order valence-electron chi connectivity index (χ3n) is 5.51. The van der Waals surface area contributed by atoms with Crippen LogP contribution in [0.15, 0.2) is 35.4 Å². The lowest BCUT2D eigenvalue weighted by Crippen LogP contribution is -2.38. The van der Waals surface area contributed by atoms with Gasteiger partial charge >= 0.3 is 0 Å². The van der Waals surface area contributed by atoms with Gasteiger partial charge in [-0.25, -0.2) is 8.42 Å². The van der Waals surface area contributed by atoms with Crippen LogP contribution in [0.3, 0.4) is 0 Å². The van der Waals surface area contributed by atoms with Crippen LogP contribution in [-0.2, 0) is 10.0 Å². The van der Waals surface area contributed by atoms with E-state index in [4.69, 9.17) is 4.74 Å². The molecule has 1 aliphatic heterocycles.